The van der Waals surface area contributed by atoms with Gasteiger partial charge in [0.05, 0.1) is 0 Å². The molecule has 0 nitrogen and oxygen atoms in total. The highest BCUT2D eigenvalue weighted by atomic mass is 19.2. The number of hydrogen-bond donors (Lipinski definition) is 0. The van der Waals surface area contributed by atoms with Crippen LogP contribution in [0.25, 0.3) is 22.3 Å². The molecule has 0 saturated carbocycles. The third-order valence-corrected chi connectivity index (χ3v) is 3.32. The Morgan fingerprint density at radius 3 is 2.00 bits per heavy atom. The minimum Gasteiger partial charge on any atom is -0.206 e. The van der Waals surface area contributed by atoms with Crippen molar-refractivity contribution in [2.24, 2.45) is 0 Å². The van der Waals surface area contributed by atoms with Crippen LogP contribution in [0.15, 0.2) is 66.7 Å². The zero-order valence-electron chi connectivity index (χ0n) is 11.0. The van der Waals surface area contributed by atoms with Gasteiger partial charge in [-0.3, -0.25) is 0 Å². The average Bonchev–Trinajstić information content (AvgIpc) is 2.51. The summed E-state index contributed by atoms with van der Waals surface area (Å²) in [6.07, 6.45) is 0. The summed E-state index contributed by atoms with van der Waals surface area (Å²) in [6, 6.07) is 17.3. The maximum absolute atomic E-state index is 14.2. The van der Waals surface area contributed by atoms with Crippen LogP contribution in [-0.2, 0) is 0 Å². The second kappa shape index (κ2) is 5.44. The number of hydrogen-bond acceptors (Lipinski definition) is 0. The first-order chi connectivity index (χ1) is 10.2. The molecule has 0 radical (unpaired) electrons. The van der Waals surface area contributed by atoms with Gasteiger partial charge in [0, 0.05) is 11.1 Å². The van der Waals surface area contributed by atoms with E-state index in [2.05, 4.69) is 0 Å². The van der Waals surface area contributed by atoms with Gasteiger partial charge in [-0.2, -0.15) is 0 Å². The van der Waals surface area contributed by atoms with Gasteiger partial charge in [0.1, 0.15) is 5.82 Å². The molecule has 0 fully saturated rings. The summed E-state index contributed by atoms with van der Waals surface area (Å²) >= 11 is 0. The maximum atomic E-state index is 14.2. The highest BCUT2D eigenvalue weighted by Gasteiger charge is 2.12. The normalized spacial score (nSPS) is 10.6. The third kappa shape index (κ3) is 2.55. The Bertz CT molecular complexity index is 780. The fourth-order valence-corrected chi connectivity index (χ4v) is 2.26. The molecule has 0 heterocycles. The topological polar surface area (TPSA) is 0 Å². The average molecular weight is 284 g/mol. The molecule has 3 rings (SSSR count). The summed E-state index contributed by atoms with van der Waals surface area (Å²) in [5.74, 6) is -2.38. The first-order valence-electron chi connectivity index (χ1n) is 6.46. The third-order valence-electron chi connectivity index (χ3n) is 3.32. The van der Waals surface area contributed by atoms with E-state index in [0.717, 1.165) is 11.6 Å². The van der Waals surface area contributed by atoms with Crippen LogP contribution in [0.4, 0.5) is 13.2 Å². The Morgan fingerprint density at radius 2 is 1.29 bits per heavy atom. The van der Waals surface area contributed by atoms with Crippen LogP contribution in [0, 0.1) is 17.5 Å². The lowest BCUT2D eigenvalue weighted by molar-refractivity contribution is 0.511. The lowest BCUT2D eigenvalue weighted by Crippen LogP contribution is -1.91. The second-order valence-corrected chi connectivity index (χ2v) is 4.66. The first kappa shape index (κ1) is 13.4. The van der Waals surface area contributed by atoms with Gasteiger partial charge in [0.25, 0.3) is 0 Å². The van der Waals surface area contributed by atoms with Crippen LogP contribution in [0.1, 0.15) is 0 Å². The second-order valence-electron chi connectivity index (χ2n) is 4.66. The maximum Gasteiger partial charge on any atom is 0.166 e. The van der Waals surface area contributed by atoms with Gasteiger partial charge in [0.2, 0.25) is 0 Å². The van der Waals surface area contributed by atoms with Gasteiger partial charge in [-0.25, -0.2) is 13.2 Å². The van der Waals surface area contributed by atoms with Crippen LogP contribution >= 0.6 is 0 Å². The van der Waals surface area contributed by atoms with Gasteiger partial charge in [0.15, 0.2) is 11.6 Å². The van der Waals surface area contributed by atoms with Crippen molar-refractivity contribution in [2.75, 3.05) is 0 Å². The number of rotatable bonds is 2. The molecule has 0 aliphatic heterocycles. The molecule has 0 aliphatic carbocycles. The monoisotopic (exact) mass is 284 g/mol. The zero-order valence-corrected chi connectivity index (χ0v) is 11.0. The first-order valence-corrected chi connectivity index (χ1v) is 6.46. The largest absolute Gasteiger partial charge is 0.206 e. The van der Waals surface area contributed by atoms with Crippen molar-refractivity contribution < 1.29 is 13.2 Å². The molecular formula is C18H11F3. The van der Waals surface area contributed by atoms with Crippen molar-refractivity contribution >= 4 is 0 Å². The summed E-state index contributed by atoms with van der Waals surface area (Å²) in [5.41, 5.74) is 1.52. The summed E-state index contributed by atoms with van der Waals surface area (Å²) in [5, 5.41) is 0. The van der Waals surface area contributed by atoms with Gasteiger partial charge in [-0.15, -0.1) is 0 Å². The smallest absolute Gasteiger partial charge is 0.166 e. The molecule has 21 heavy (non-hydrogen) atoms. The molecule has 0 amide bonds. The molecule has 0 saturated heterocycles. The van der Waals surface area contributed by atoms with Crippen LogP contribution in [0.3, 0.4) is 0 Å². The van der Waals surface area contributed by atoms with E-state index in [-0.39, 0.29) is 5.56 Å². The molecule has 0 bridgehead atoms. The van der Waals surface area contributed by atoms with Crippen molar-refractivity contribution in [1.82, 2.24) is 0 Å². The van der Waals surface area contributed by atoms with E-state index in [1.165, 1.54) is 18.2 Å². The molecular weight excluding hydrogens is 273 g/mol. The van der Waals surface area contributed by atoms with E-state index < -0.39 is 17.5 Å². The van der Waals surface area contributed by atoms with E-state index in [9.17, 15) is 13.2 Å². The minimum absolute atomic E-state index is 0.0495. The van der Waals surface area contributed by atoms with Gasteiger partial charge >= 0.3 is 0 Å². The lowest BCUT2D eigenvalue weighted by atomic mass is 9.99. The Hall–Kier alpha value is -2.55. The molecule has 3 heteroatoms. The predicted molar refractivity (Wildman–Crippen MR) is 77.2 cm³/mol. The van der Waals surface area contributed by atoms with E-state index in [1.54, 1.807) is 24.3 Å². The molecule has 0 N–H and O–H groups in total. The lowest BCUT2D eigenvalue weighted by Gasteiger charge is -2.08. The van der Waals surface area contributed by atoms with Crippen molar-refractivity contribution in [3.63, 3.8) is 0 Å². The van der Waals surface area contributed by atoms with Crippen molar-refractivity contribution in [1.29, 1.82) is 0 Å². The Morgan fingerprint density at radius 1 is 0.524 bits per heavy atom. The van der Waals surface area contributed by atoms with E-state index >= 15 is 0 Å². The fourth-order valence-electron chi connectivity index (χ4n) is 2.26. The van der Waals surface area contributed by atoms with Gasteiger partial charge in [-0.05, 0) is 23.3 Å². The predicted octanol–water partition coefficient (Wildman–Crippen LogP) is 5.44. The Kier molecular flexibility index (Phi) is 3.48. The fraction of sp³-hybridized carbons (Fsp3) is 0. The highest BCUT2D eigenvalue weighted by Crippen LogP contribution is 2.29. The van der Waals surface area contributed by atoms with Crippen LogP contribution in [-0.4, -0.2) is 0 Å². The minimum atomic E-state index is -0.968. The molecule has 3 aromatic carbocycles. The molecule has 0 unspecified atom stereocenters. The number of benzene rings is 3. The standard InChI is InChI=1S/C18H11F3/c19-16-8-4-7-15(18(16)21)13-9-10-14(17(20)11-13)12-5-2-1-3-6-12/h1-11H. The Labute approximate surface area is 120 Å². The van der Waals surface area contributed by atoms with Crippen LogP contribution < -0.4 is 0 Å². The summed E-state index contributed by atoms with van der Waals surface area (Å²) in [4.78, 5) is 0. The molecule has 104 valence electrons. The van der Waals surface area contributed by atoms with Crippen LogP contribution in [0.2, 0.25) is 0 Å². The van der Waals surface area contributed by atoms with Crippen molar-refractivity contribution in [3.8, 4) is 22.3 Å². The van der Waals surface area contributed by atoms with E-state index in [1.807, 2.05) is 18.2 Å². The Balaban J connectivity index is 2.08. The molecule has 0 atom stereocenters. The van der Waals surface area contributed by atoms with E-state index in [4.69, 9.17) is 0 Å². The molecule has 0 spiro atoms. The SMILES string of the molecule is Fc1cc(-c2cccc(F)c2F)ccc1-c1ccccc1. The van der Waals surface area contributed by atoms with Crippen molar-refractivity contribution in [3.05, 3.63) is 84.2 Å². The molecule has 3 aromatic rings. The van der Waals surface area contributed by atoms with Gasteiger partial charge in [-0.1, -0.05) is 54.6 Å². The van der Waals surface area contributed by atoms with Crippen molar-refractivity contribution in [2.45, 2.75) is 0 Å². The number of halogens is 3. The summed E-state index contributed by atoms with van der Waals surface area (Å²) < 4.78 is 41.2. The summed E-state index contributed by atoms with van der Waals surface area (Å²) in [6.45, 7) is 0. The van der Waals surface area contributed by atoms with E-state index in [0.29, 0.717) is 11.1 Å². The molecule has 0 aromatic heterocycles. The molecule has 0 aliphatic rings. The zero-order chi connectivity index (χ0) is 14.8. The van der Waals surface area contributed by atoms with Gasteiger partial charge < -0.3 is 0 Å². The quantitative estimate of drug-likeness (QED) is 0.588. The highest BCUT2D eigenvalue weighted by molar-refractivity contribution is 5.71. The van der Waals surface area contributed by atoms with Crippen LogP contribution in [0.5, 0.6) is 0 Å². The summed E-state index contributed by atoms with van der Waals surface area (Å²) in [7, 11) is 0.